The van der Waals surface area contributed by atoms with E-state index in [1.807, 2.05) is 6.92 Å². The minimum atomic E-state index is -0.737. The van der Waals surface area contributed by atoms with Crippen molar-refractivity contribution in [1.29, 1.82) is 0 Å². The van der Waals surface area contributed by atoms with Gasteiger partial charge < -0.3 is 14.2 Å². The van der Waals surface area contributed by atoms with E-state index in [2.05, 4.69) is 13.8 Å². The Labute approximate surface area is 159 Å². The van der Waals surface area contributed by atoms with Crippen molar-refractivity contribution in [3.05, 3.63) is 0 Å². The summed E-state index contributed by atoms with van der Waals surface area (Å²) in [6.07, 6.45) is 4.15. The molecule has 0 aromatic rings. The summed E-state index contributed by atoms with van der Waals surface area (Å²) < 4.78 is 17.5. The lowest BCUT2D eigenvalue weighted by Crippen LogP contribution is -2.70. The second kappa shape index (κ2) is 6.92. The first kappa shape index (κ1) is 19.0. The first-order valence-corrected chi connectivity index (χ1v) is 10.8. The van der Waals surface area contributed by atoms with Crippen LogP contribution in [0.5, 0.6) is 0 Å². The molecule has 1 saturated carbocycles. The van der Waals surface area contributed by atoms with Gasteiger partial charge in [-0.3, -0.25) is 4.79 Å². The summed E-state index contributed by atoms with van der Waals surface area (Å²) in [5.41, 5.74) is -0.521. The Kier molecular flexibility index (Phi) is 5.06. The lowest BCUT2D eigenvalue weighted by Gasteiger charge is -2.60. The largest absolute Gasteiger partial charge is 0.469 e. The Morgan fingerprint density at radius 1 is 1.19 bits per heavy atom. The molecule has 6 nitrogen and oxygen atoms in total. The van der Waals surface area contributed by atoms with Crippen molar-refractivity contribution in [2.75, 3.05) is 12.9 Å². The molecule has 148 valence electrons. The van der Waals surface area contributed by atoms with Gasteiger partial charge >= 0.3 is 5.97 Å². The third kappa shape index (κ3) is 2.91. The molecular weight excluding hydrogens is 356 g/mol. The molecule has 4 aliphatic heterocycles. The highest BCUT2D eigenvalue weighted by molar-refractivity contribution is 7.99. The number of fused-ring (bicyclic) bond motifs is 2. The number of ether oxygens (including phenoxy) is 3. The lowest BCUT2D eigenvalue weighted by molar-refractivity contribution is -0.568. The molecule has 4 heterocycles. The maximum Gasteiger partial charge on any atom is 0.306 e. The van der Waals surface area contributed by atoms with Crippen molar-refractivity contribution < 1.29 is 28.8 Å². The molecule has 0 amide bonds. The summed E-state index contributed by atoms with van der Waals surface area (Å²) >= 11 is 1.68. The van der Waals surface area contributed by atoms with Gasteiger partial charge in [-0.1, -0.05) is 13.8 Å². The normalized spacial score (nSPS) is 50.0. The molecule has 2 bridgehead atoms. The van der Waals surface area contributed by atoms with Crippen molar-refractivity contribution in [2.24, 2.45) is 23.7 Å². The molecule has 5 aliphatic rings. The van der Waals surface area contributed by atoms with Crippen LogP contribution in [-0.4, -0.2) is 41.9 Å². The van der Waals surface area contributed by atoms with Crippen LogP contribution in [0.2, 0.25) is 0 Å². The quantitative estimate of drug-likeness (QED) is 0.541. The number of esters is 1. The molecule has 5 fully saturated rings. The fourth-order valence-electron chi connectivity index (χ4n) is 5.42. The van der Waals surface area contributed by atoms with Crippen molar-refractivity contribution >= 4 is 17.7 Å². The van der Waals surface area contributed by atoms with E-state index in [1.54, 1.807) is 11.8 Å². The molecule has 1 unspecified atom stereocenters. The van der Waals surface area contributed by atoms with E-state index in [0.29, 0.717) is 35.8 Å². The van der Waals surface area contributed by atoms with Gasteiger partial charge in [0.15, 0.2) is 11.9 Å². The van der Waals surface area contributed by atoms with Crippen molar-refractivity contribution in [1.82, 2.24) is 0 Å². The molecular formula is C19H30O6S. The molecule has 0 aromatic heterocycles. The summed E-state index contributed by atoms with van der Waals surface area (Å²) in [4.78, 5) is 23.4. The Morgan fingerprint density at radius 2 is 2.00 bits per heavy atom. The van der Waals surface area contributed by atoms with Crippen LogP contribution in [-0.2, 0) is 28.8 Å². The zero-order chi connectivity index (χ0) is 18.5. The third-order valence-electron chi connectivity index (χ3n) is 6.91. The van der Waals surface area contributed by atoms with E-state index >= 15 is 0 Å². The summed E-state index contributed by atoms with van der Waals surface area (Å²) in [6.45, 7) is 6.50. The number of hydrogen-bond donors (Lipinski definition) is 0. The number of hydrogen-bond acceptors (Lipinski definition) is 7. The zero-order valence-corrected chi connectivity index (χ0v) is 16.9. The maximum atomic E-state index is 11.4. The van der Waals surface area contributed by atoms with Gasteiger partial charge in [-0.25, -0.2) is 9.78 Å². The summed E-state index contributed by atoms with van der Waals surface area (Å²) in [6, 6.07) is 0. The van der Waals surface area contributed by atoms with E-state index in [0.717, 1.165) is 19.3 Å². The van der Waals surface area contributed by atoms with Crippen molar-refractivity contribution in [2.45, 2.75) is 76.0 Å². The molecule has 7 heteroatoms. The van der Waals surface area contributed by atoms with Crippen LogP contribution in [0.3, 0.4) is 0 Å². The van der Waals surface area contributed by atoms with Gasteiger partial charge in [0, 0.05) is 18.1 Å². The Morgan fingerprint density at radius 3 is 2.77 bits per heavy atom. The number of rotatable bonds is 4. The van der Waals surface area contributed by atoms with Gasteiger partial charge in [0.1, 0.15) is 5.44 Å². The predicted molar refractivity (Wildman–Crippen MR) is 95.9 cm³/mol. The highest BCUT2D eigenvalue weighted by Gasteiger charge is 2.69. The maximum absolute atomic E-state index is 11.4. The molecule has 0 N–H and O–H groups in total. The Hall–Kier alpha value is -0.340. The second-order valence-electron chi connectivity index (χ2n) is 8.47. The average molecular weight is 387 g/mol. The number of methoxy groups -OCH3 is 1. The molecule has 1 spiro atoms. The van der Waals surface area contributed by atoms with Gasteiger partial charge in [0.2, 0.25) is 5.79 Å². The highest BCUT2D eigenvalue weighted by Crippen LogP contribution is 2.61. The number of carbonyl (C=O) groups is 1. The number of thioether (sulfide) groups is 1. The smallest absolute Gasteiger partial charge is 0.306 e. The van der Waals surface area contributed by atoms with E-state index in [1.165, 1.54) is 13.5 Å². The monoisotopic (exact) mass is 386 g/mol. The Bertz CT molecular complexity index is 558. The van der Waals surface area contributed by atoms with Crippen molar-refractivity contribution in [3.63, 3.8) is 0 Å². The van der Waals surface area contributed by atoms with Crippen LogP contribution in [0.4, 0.5) is 0 Å². The van der Waals surface area contributed by atoms with Gasteiger partial charge in [-0.05, 0) is 43.9 Å². The summed E-state index contributed by atoms with van der Waals surface area (Å²) in [7, 11) is 1.42. The molecule has 5 rings (SSSR count). The molecule has 0 radical (unpaired) electrons. The molecule has 26 heavy (non-hydrogen) atoms. The molecule has 1 aliphatic carbocycles. The van der Waals surface area contributed by atoms with E-state index in [4.69, 9.17) is 24.0 Å². The van der Waals surface area contributed by atoms with Gasteiger partial charge in [-0.15, -0.1) is 11.8 Å². The first-order chi connectivity index (χ1) is 12.4. The standard InChI is InChI=1S/C19H30O6S/c1-11-5-6-14-12(2)16(26-10-8-15(20)21-4)22-17-19(14)13(11)7-9-18(3,23-17)24-25-19/h11-14,16-17H,5-10H2,1-4H3/t11-,12-,13+,14+,16+,17-,18?,19-/m1/s1. The fraction of sp³-hybridized carbons (Fsp3) is 0.947. The lowest BCUT2D eigenvalue weighted by atomic mass is 9.58. The number of carbonyl (C=O) groups excluding carboxylic acids is 1. The highest BCUT2D eigenvalue weighted by atomic mass is 32.2. The summed E-state index contributed by atoms with van der Waals surface area (Å²) in [5, 5.41) is 0. The topological polar surface area (TPSA) is 63.2 Å². The average Bonchev–Trinajstić information content (AvgIpc) is 2.85. The fourth-order valence-corrected chi connectivity index (χ4v) is 6.61. The minimum Gasteiger partial charge on any atom is -0.469 e. The van der Waals surface area contributed by atoms with Crippen LogP contribution >= 0.6 is 11.8 Å². The third-order valence-corrected chi connectivity index (χ3v) is 8.22. The van der Waals surface area contributed by atoms with Gasteiger partial charge in [-0.2, -0.15) is 0 Å². The summed E-state index contributed by atoms with van der Waals surface area (Å²) in [5.74, 6) is 1.36. The van der Waals surface area contributed by atoms with Crippen LogP contribution in [0, 0.1) is 23.7 Å². The molecule has 0 aromatic carbocycles. The predicted octanol–water partition coefficient (Wildman–Crippen LogP) is 3.49. The van der Waals surface area contributed by atoms with E-state index < -0.39 is 17.7 Å². The molecule has 4 saturated heterocycles. The van der Waals surface area contributed by atoms with Crippen LogP contribution in [0.25, 0.3) is 0 Å². The van der Waals surface area contributed by atoms with Crippen molar-refractivity contribution in [3.8, 4) is 0 Å². The van der Waals surface area contributed by atoms with Gasteiger partial charge in [0.25, 0.3) is 0 Å². The molecule has 8 atom stereocenters. The first-order valence-electron chi connectivity index (χ1n) is 9.78. The Balaban J connectivity index is 1.57. The zero-order valence-electron chi connectivity index (χ0n) is 16.1. The van der Waals surface area contributed by atoms with Crippen LogP contribution < -0.4 is 0 Å². The SMILES string of the molecule is COC(=O)CCS[C@@H]1O[C@@H]2OC3(C)CC[C@H]4[C@H](C)CC[C@@H]([C@H]1C)[C@@]24OO3. The second-order valence-corrected chi connectivity index (χ2v) is 9.68. The van der Waals surface area contributed by atoms with E-state index in [-0.39, 0.29) is 11.4 Å². The van der Waals surface area contributed by atoms with Crippen LogP contribution in [0.15, 0.2) is 0 Å². The van der Waals surface area contributed by atoms with E-state index in [9.17, 15) is 4.79 Å². The van der Waals surface area contributed by atoms with Gasteiger partial charge in [0.05, 0.1) is 13.5 Å². The van der Waals surface area contributed by atoms with Crippen LogP contribution in [0.1, 0.15) is 52.9 Å². The minimum absolute atomic E-state index is 0.0131.